The number of nitrogens with zero attached hydrogens (tertiary/aromatic N) is 2. The minimum atomic E-state index is 0.956. The van der Waals surface area contributed by atoms with Crippen molar-refractivity contribution < 1.29 is 0 Å². The molecule has 0 spiro atoms. The normalized spacial score (nSPS) is 11.2. The summed E-state index contributed by atoms with van der Waals surface area (Å²) in [5, 5.41) is 7.25. The number of hydrogen-bond acceptors (Lipinski definition) is 4. The van der Waals surface area contributed by atoms with Crippen LogP contribution in [-0.2, 0) is 13.1 Å². The zero-order valence-corrected chi connectivity index (χ0v) is 25.2. The van der Waals surface area contributed by atoms with E-state index in [0.29, 0.717) is 0 Å². The molecule has 214 valence electrons. The van der Waals surface area contributed by atoms with Gasteiger partial charge in [0.05, 0.1) is 0 Å². The fourth-order valence-electron chi connectivity index (χ4n) is 4.75. The van der Waals surface area contributed by atoms with Crippen LogP contribution in [0.4, 0.5) is 11.4 Å². The van der Waals surface area contributed by atoms with E-state index < -0.39 is 0 Å². The van der Waals surface area contributed by atoms with Crippen molar-refractivity contribution >= 4 is 11.4 Å². The van der Waals surface area contributed by atoms with Gasteiger partial charge in [0.25, 0.3) is 0 Å². The molecule has 2 N–H and O–H groups in total. The lowest BCUT2D eigenvalue weighted by Gasteiger charge is -2.25. The summed E-state index contributed by atoms with van der Waals surface area (Å²) in [6.45, 7) is 17.8. The molecule has 0 aliphatic rings. The van der Waals surface area contributed by atoms with Gasteiger partial charge in [-0.3, -0.25) is 0 Å². The summed E-state index contributed by atoms with van der Waals surface area (Å²) in [4.78, 5) is 5.11. The van der Waals surface area contributed by atoms with Crippen LogP contribution in [0.1, 0.15) is 103 Å². The van der Waals surface area contributed by atoms with Crippen molar-refractivity contribution in [1.29, 1.82) is 0 Å². The molecule has 4 heteroatoms. The van der Waals surface area contributed by atoms with Crippen molar-refractivity contribution in [2.45, 2.75) is 105 Å². The lowest BCUT2D eigenvalue weighted by Crippen LogP contribution is -2.25. The highest BCUT2D eigenvalue weighted by Crippen LogP contribution is 2.18. The molecule has 0 fully saturated rings. The van der Waals surface area contributed by atoms with Crippen LogP contribution >= 0.6 is 0 Å². The number of anilines is 2. The summed E-state index contributed by atoms with van der Waals surface area (Å²) < 4.78 is 0. The Kier molecular flexibility index (Phi) is 17.7. The van der Waals surface area contributed by atoms with Gasteiger partial charge >= 0.3 is 0 Å². The van der Waals surface area contributed by atoms with E-state index >= 15 is 0 Å². The van der Waals surface area contributed by atoms with E-state index in [-0.39, 0.29) is 0 Å². The minimum Gasteiger partial charge on any atom is -0.372 e. The summed E-state index contributed by atoms with van der Waals surface area (Å²) in [6.07, 6.45) is 12.5. The van der Waals surface area contributed by atoms with Gasteiger partial charge in [0.1, 0.15) is 0 Å². The SMILES string of the molecule is CCCCN(CCCC)c1ccc(CNCCCCNCc2ccc(N(CCCC)CCCC)cc2)cc1. The third-order valence-electron chi connectivity index (χ3n) is 7.34. The van der Waals surface area contributed by atoms with Crippen molar-refractivity contribution in [2.75, 3.05) is 49.1 Å². The van der Waals surface area contributed by atoms with Crippen LogP contribution < -0.4 is 20.4 Å². The molecule has 0 aromatic heterocycles. The van der Waals surface area contributed by atoms with Gasteiger partial charge < -0.3 is 20.4 Å². The molecular weight excluding hydrogens is 464 g/mol. The Hall–Kier alpha value is -2.04. The van der Waals surface area contributed by atoms with Crippen LogP contribution in [0.5, 0.6) is 0 Å². The Bertz CT molecular complexity index is 717. The van der Waals surface area contributed by atoms with Crippen molar-refractivity contribution in [3.8, 4) is 0 Å². The first-order valence-electron chi connectivity index (χ1n) is 15.8. The maximum Gasteiger partial charge on any atom is 0.0366 e. The number of rotatable bonds is 23. The number of unbranched alkanes of at least 4 members (excludes halogenated alkanes) is 5. The highest BCUT2D eigenvalue weighted by molar-refractivity contribution is 5.48. The van der Waals surface area contributed by atoms with E-state index in [4.69, 9.17) is 0 Å². The summed E-state index contributed by atoms with van der Waals surface area (Å²) in [6, 6.07) is 18.4. The molecule has 0 unspecified atom stereocenters. The van der Waals surface area contributed by atoms with Crippen molar-refractivity contribution in [1.82, 2.24) is 10.6 Å². The summed E-state index contributed by atoms with van der Waals surface area (Å²) >= 11 is 0. The quantitative estimate of drug-likeness (QED) is 0.144. The maximum atomic E-state index is 3.63. The largest absolute Gasteiger partial charge is 0.372 e. The second-order valence-corrected chi connectivity index (χ2v) is 10.8. The molecule has 0 amide bonds. The monoisotopic (exact) mass is 522 g/mol. The van der Waals surface area contributed by atoms with Gasteiger partial charge in [-0.25, -0.2) is 0 Å². The average molecular weight is 523 g/mol. The van der Waals surface area contributed by atoms with Crippen LogP contribution in [0.2, 0.25) is 0 Å². The second-order valence-electron chi connectivity index (χ2n) is 10.8. The zero-order valence-electron chi connectivity index (χ0n) is 25.2. The first kappa shape index (κ1) is 32.2. The Labute approximate surface area is 235 Å². The number of hydrogen-bond donors (Lipinski definition) is 2. The maximum absolute atomic E-state index is 3.63. The van der Waals surface area contributed by atoms with Crippen molar-refractivity contribution in [3.05, 3.63) is 59.7 Å². The fourth-order valence-corrected chi connectivity index (χ4v) is 4.75. The number of nitrogens with one attached hydrogen (secondary N) is 2. The zero-order chi connectivity index (χ0) is 27.3. The van der Waals surface area contributed by atoms with E-state index in [0.717, 1.165) is 26.2 Å². The lowest BCUT2D eigenvalue weighted by atomic mass is 10.1. The summed E-state index contributed by atoms with van der Waals surface area (Å²) in [5.41, 5.74) is 5.51. The smallest absolute Gasteiger partial charge is 0.0366 e. The molecule has 0 saturated carbocycles. The first-order valence-corrected chi connectivity index (χ1v) is 15.8. The van der Waals surface area contributed by atoms with Crippen LogP contribution in [0.25, 0.3) is 0 Å². The van der Waals surface area contributed by atoms with Crippen LogP contribution in [0.15, 0.2) is 48.5 Å². The van der Waals surface area contributed by atoms with E-state index in [2.05, 4.69) is 96.7 Å². The standard InChI is InChI=1S/C34H58N4/c1-5-9-25-37(26-10-6-2)33-19-15-31(16-20-33)29-35-23-13-14-24-36-30-32-17-21-34(22-18-32)38(27-11-7-3)28-12-8-4/h15-22,35-36H,5-14,23-30H2,1-4H3. The van der Waals surface area contributed by atoms with Gasteiger partial charge in [-0.1, -0.05) is 77.6 Å². The molecule has 2 rings (SSSR count). The van der Waals surface area contributed by atoms with E-state index in [1.54, 1.807) is 0 Å². The first-order chi connectivity index (χ1) is 18.7. The van der Waals surface area contributed by atoms with Crippen molar-refractivity contribution in [2.24, 2.45) is 0 Å². The van der Waals surface area contributed by atoms with E-state index in [9.17, 15) is 0 Å². The van der Waals surface area contributed by atoms with Gasteiger partial charge in [0, 0.05) is 50.6 Å². The molecule has 4 nitrogen and oxygen atoms in total. The molecule has 0 radical (unpaired) electrons. The highest BCUT2D eigenvalue weighted by Gasteiger charge is 2.07. The third-order valence-corrected chi connectivity index (χ3v) is 7.34. The lowest BCUT2D eigenvalue weighted by molar-refractivity contribution is 0.582. The molecule has 0 aliphatic heterocycles. The van der Waals surface area contributed by atoms with Crippen LogP contribution in [-0.4, -0.2) is 39.3 Å². The predicted octanol–water partition coefficient (Wildman–Crippen LogP) is 8.16. The Morgan fingerprint density at radius 2 is 0.763 bits per heavy atom. The highest BCUT2D eigenvalue weighted by atomic mass is 15.1. The summed E-state index contributed by atoms with van der Waals surface area (Å²) in [7, 11) is 0. The summed E-state index contributed by atoms with van der Waals surface area (Å²) in [5.74, 6) is 0. The predicted molar refractivity (Wildman–Crippen MR) is 170 cm³/mol. The minimum absolute atomic E-state index is 0.956. The molecule has 0 heterocycles. The van der Waals surface area contributed by atoms with Gasteiger partial charge in [0.2, 0.25) is 0 Å². The molecule has 0 atom stereocenters. The third kappa shape index (κ3) is 13.2. The Morgan fingerprint density at radius 3 is 1.05 bits per heavy atom. The fraction of sp³-hybridized carbons (Fsp3) is 0.647. The molecule has 2 aromatic carbocycles. The molecular formula is C34H58N4. The Morgan fingerprint density at radius 1 is 0.447 bits per heavy atom. The average Bonchev–Trinajstić information content (AvgIpc) is 2.95. The van der Waals surface area contributed by atoms with E-state index in [1.165, 1.54) is 113 Å². The van der Waals surface area contributed by atoms with E-state index in [1.807, 2.05) is 0 Å². The van der Waals surface area contributed by atoms with Crippen LogP contribution in [0, 0.1) is 0 Å². The Balaban J connectivity index is 1.60. The van der Waals surface area contributed by atoms with Gasteiger partial charge in [-0.2, -0.15) is 0 Å². The molecule has 38 heavy (non-hydrogen) atoms. The number of benzene rings is 2. The van der Waals surface area contributed by atoms with Crippen LogP contribution in [0.3, 0.4) is 0 Å². The molecule has 0 bridgehead atoms. The topological polar surface area (TPSA) is 30.5 Å². The van der Waals surface area contributed by atoms with Gasteiger partial charge in [-0.05, 0) is 87.0 Å². The second kappa shape index (κ2) is 20.9. The molecule has 0 saturated heterocycles. The van der Waals surface area contributed by atoms with Crippen molar-refractivity contribution in [3.63, 3.8) is 0 Å². The van der Waals surface area contributed by atoms with Gasteiger partial charge in [0.15, 0.2) is 0 Å². The molecule has 0 aliphatic carbocycles. The molecule has 2 aromatic rings. The van der Waals surface area contributed by atoms with Gasteiger partial charge in [-0.15, -0.1) is 0 Å².